The Kier molecular flexibility index (Phi) is 18.0. The minimum absolute atomic E-state index is 0.151. The van der Waals surface area contributed by atoms with Crippen LogP contribution in [0.4, 0.5) is 0 Å². The van der Waals surface area contributed by atoms with E-state index in [4.69, 9.17) is 0 Å². The molecule has 0 amide bonds. The molecule has 0 aromatic carbocycles. The summed E-state index contributed by atoms with van der Waals surface area (Å²) in [4.78, 5) is 0. The zero-order valence-electron chi connectivity index (χ0n) is 15.0. The van der Waals surface area contributed by atoms with Crippen molar-refractivity contribution in [2.45, 2.75) is 117 Å². The van der Waals surface area contributed by atoms with Crippen LogP contribution in [-0.4, -0.2) is 6.61 Å². The van der Waals surface area contributed by atoms with Crippen LogP contribution in [0.15, 0.2) is 0 Å². The van der Waals surface area contributed by atoms with E-state index in [0.29, 0.717) is 5.92 Å². The summed E-state index contributed by atoms with van der Waals surface area (Å²) < 4.78 is 0. The van der Waals surface area contributed by atoms with Crippen LogP contribution >= 0.6 is 0 Å². The van der Waals surface area contributed by atoms with Gasteiger partial charge in [-0.05, 0) is 18.8 Å². The van der Waals surface area contributed by atoms with Crippen LogP contribution in [0.2, 0.25) is 0 Å². The second-order valence-corrected chi connectivity index (χ2v) is 6.85. The molecule has 0 fully saturated rings. The molecule has 1 heteroatoms. The maximum Gasteiger partial charge on any atom is 0.0850 e. The molecule has 0 aromatic rings. The fraction of sp³-hybridized carbons (Fsp3) is 1.00. The Bertz CT molecular complexity index is 179. The molecule has 0 aliphatic rings. The molecule has 21 heavy (non-hydrogen) atoms. The summed E-state index contributed by atoms with van der Waals surface area (Å²) in [5, 5.41) is 11.1. The molecule has 0 bridgehead atoms. The number of hydrogen-bond donors (Lipinski definition) is 0. The molecule has 0 saturated heterocycles. The first-order valence-electron chi connectivity index (χ1n) is 9.93. The van der Waals surface area contributed by atoms with Crippen LogP contribution in [0.3, 0.4) is 0 Å². The number of unbranched alkanes of at least 4 members (excludes halogenated alkanes) is 12. The summed E-state index contributed by atoms with van der Waals surface area (Å²) in [6.07, 6.45) is 21.7. The Hall–Kier alpha value is -0.0400. The Morgan fingerprint density at radius 1 is 0.524 bits per heavy atom. The molecule has 0 N–H and O–H groups in total. The minimum Gasteiger partial charge on any atom is -0.236 e. The number of hydrogen-bond acceptors (Lipinski definition) is 0. The van der Waals surface area contributed by atoms with Crippen molar-refractivity contribution in [3.63, 3.8) is 0 Å². The van der Waals surface area contributed by atoms with E-state index < -0.39 is 0 Å². The molecule has 1 unspecified atom stereocenters. The van der Waals surface area contributed by atoms with Crippen LogP contribution < -0.4 is 0 Å². The normalized spacial score (nSPS) is 12.7. The molecular formula is C20H41O. The van der Waals surface area contributed by atoms with Gasteiger partial charge < -0.3 is 0 Å². The highest BCUT2D eigenvalue weighted by Gasteiger charge is 2.06. The minimum atomic E-state index is 0.151. The maximum atomic E-state index is 11.1. The van der Waals surface area contributed by atoms with Crippen LogP contribution in [0.25, 0.3) is 0 Å². The smallest absolute Gasteiger partial charge is 0.0850 e. The van der Waals surface area contributed by atoms with Crippen molar-refractivity contribution in [1.29, 1.82) is 0 Å². The van der Waals surface area contributed by atoms with Crippen LogP contribution in [0, 0.1) is 5.92 Å². The van der Waals surface area contributed by atoms with Crippen LogP contribution in [-0.2, 0) is 5.11 Å². The van der Waals surface area contributed by atoms with Gasteiger partial charge in [-0.25, -0.2) is 5.11 Å². The van der Waals surface area contributed by atoms with Gasteiger partial charge in [-0.2, -0.15) is 0 Å². The third-order valence-corrected chi connectivity index (χ3v) is 4.67. The Morgan fingerprint density at radius 2 is 0.905 bits per heavy atom. The van der Waals surface area contributed by atoms with Gasteiger partial charge in [0.2, 0.25) is 0 Å². The van der Waals surface area contributed by atoms with Gasteiger partial charge in [0, 0.05) is 0 Å². The van der Waals surface area contributed by atoms with E-state index in [1.807, 2.05) is 0 Å². The molecule has 1 nitrogen and oxygen atoms in total. The molecule has 0 heterocycles. The van der Waals surface area contributed by atoms with Gasteiger partial charge in [-0.15, -0.1) is 0 Å². The Balaban J connectivity index is 3.14. The molecule has 1 radical (unpaired) electrons. The third-order valence-electron chi connectivity index (χ3n) is 4.67. The van der Waals surface area contributed by atoms with Gasteiger partial charge in [-0.3, -0.25) is 0 Å². The average molecular weight is 298 g/mol. The van der Waals surface area contributed by atoms with E-state index in [1.54, 1.807) is 0 Å². The standard InChI is InChI=1S/C20H41O/c1-3-5-7-8-9-10-11-12-13-14-15-16-18-20(19-21)17-6-4-2/h20H,3-19H2,1-2H3. The van der Waals surface area contributed by atoms with Gasteiger partial charge in [0.25, 0.3) is 0 Å². The predicted molar refractivity (Wildman–Crippen MR) is 94.3 cm³/mol. The summed E-state index contributed by atoms with van der Waals surface area (Å²) in [6, 6.07) is 0. The molecular weight excluding hydrogens is 256 g/mol. The second-order valence-electron chi connectivity index (χ2n) is 6.85. The van der Waals surface area contributed by atoms with Crippen LogP contribution in [0.5, 0.6) is 0 Å². The maximum absolute atomic E-state index is 11.1. The lowest BCUT2D eigenvalue weighted by Crippen LogP contribution is -2.04. The molecule has 1 atom stereocenters. The van der Waals surface area contributed by atoms with E-state index in [2.05, 4.69) is 13.8 Å². The van der Waals surface area contributed by atoms with Crippen molar-refractivity contribution in [2.24, 2.45) is 5.92 Å². The van der Waals surface area contributed by atoms with E-state index in [9.17, 15) is 5.11 Å². The highest BCUT2D eigenvalue weighted by molar-refractivity contribution is 4.58. The zero-order chi connectivity index (χ0) is 15.6. The van der Waals surface area contributed by atoms with E-state index in [0.717, 1.165) is 6.42 Å². The first-order valence-corrected chi connectivity index (χ1v) is 9.93. The zero-order valence-corrected chi connectivity index (χ0v) is 15.0. The Labute approximate surface area is 134 Å². The Morgan fingerprint density at radius 3 is 1.33 bits per heavy atom. The van der Waals surface area contributed by atoms with Crippen molar-refractivity contribution >= 4 is 0 Å². The monoisotopic (exact) mass is 297 g/mol. The van der Waals surface area contributed by atoms with Gasteiger partial charge in [0.15, 0.2) is 0 Å². The van der Waals surface area contributed by atoms with Gasteiger partial charge >= 0.3 is 0 Å². The van der Waals surface area contributed by atoms with Gasteiger partial charge in [0.05, 0.1) is 6.61 Å². The summed E-state index contributed by atoms with van der Waals surface area (Å²) in [7, 11) is 0. The summed E-state index contributed by atoms with van der Waals surface area (Å²) in [5.74, 6) is 0.466. The molecule has 127 valence electrons. The van der Waals surface area contributed by atoms with Crippen molar-refractivity contribution in [3.8, 4) is 0 Å². The molecule has 0 aliphatic carbocycles. The molecule has 0 rings (SSSR count). The predicted octanol–water partition coefficient (Wildman–Crippen LogP) is 7.31. The largest absolute Gasteiger partial charge is 0.236 e. The van der Waals surface area contributed by atoms with E-state index in [-0.39, 0.29) is 6.61 Å². The lowest BCUT2D eigenvalue weighted by molar-refractivity contribution is 0.131. The van der Waals surface area contributed by atoms with Crippen molar-refractivity contribution in [1.82, 2.24) is 0 Å². The lowest BCUT2D eigenvalue weighted by Gasteiger charge is -2.12. The summed E-state index contributed by atoms with van der Waals surface area (Å²) in [6.45, 7) is 4.65. The SMILES string of the molecule is CCCCCCCCCCCCCCC(C[O])CCCC. The third kappa shape index (κ3) is 16.2. The highest BCUT2D eigenvalue weighted by Crippen LogP contribution is 2.18. The van der Waals surface area contributed by atoms with Crippen molar-refractivity contribution < 1.29 is 5.11 Å². The van der Waals surface area contributed by atoms with E-state index >= 15 is 0 Å². The quantitative estimate of drug-likeness (QED) is 0.251. The average Bonchev–Trinajstić information content (AvgIpc) is 2.51. The second kappa shape index (κ2) is 18.0. The molecule has 0 spiro atoms. The van der Waals surface area contributed by atoms with Crippen LogP contribution in [0.1, 0.15) is 117 Å². The first-order chi connectivity index (χ1) is 10.3. The summed E-state index contributed by atoms with van der Waals surface area (Å²) >= 11 is 0. The lowest BCUT2D eigenvalue weighted by atomic mass is 9.96. The van der Waals surface area contributed by atoms with E-state index in [1.165, 1.54) is 96.3 Å². The topological polar surface area (TPSA) is 19.9 Å². The number of rotatable bonds is 17. The molecule has 0 saturated carbocycles. The highest BCUT2D eigenvalue weighted by atomic mass is 16.3. The van der Waals surface area contributed by atoms with Gasteiger partial charge in [0.1, 0.15) is 0 Å². The van der Waals surface area contributed by atoms with Crippen molar-refractivity contribution in [2.75, 3.05) is 6.61 Å². The fourth-order valence-corrected chi connectivity index (χ4v) is 3.08. The summed E-state index contributed by atoms with van der Waals surface area (Å²) in [5.41, 5.74) is 0. The van der Waals surface area contributed by atoms with Gasteiger partial charge in [-0.1, -0.05) is 104 Å². The molecule has 0 aliphatic heterocycles. The van der Waals surface area contributed by atoms with Crippen molar-refractivity contribution in [3.05, 3.63) is 0 Å². The fourth-order valence-electron chi connectivity index (χ4n) is 3.08. The molecule has 0 aromatic heterocycles. The first kappa shape index (κ1) is 21.0.